The maximum absolute atomic E-state index is 7.16. The van der Waals surface area contributed by atoms with Crippen molar-refractivity contribution in [3.8, 4) is 0 Å². The monoisotopic (exact) mass is 587 g/mol. The molecule has 0 unspecified atom stereocenters. The van der Waals surface area contributed by atoms with Gasteiger partial charge in [0, 0.05) is 46.6 Å². The molecular formula is C40H44ClN2+. The van der Waals surface area contributed by atoms with Crippen LogP contribution in [0.3, 0.4) is 0 Å². The lowest BCUT2D eigenvalue weighted by atomic mass is 9.78. The average Bonchev–Trinajstić information content (AvgIpc) is 3.30. The molecule has 3 aliphatic rings. The molecule has 0 aromatic heterocycles. The zero-order valence-electron chi connectivity index (χ0n) is 27.0. The van der Waals surface area contributed by atoms with Crippen molar-refractivity contribution >= 4 is 45.5 Å². The minimum atomic E-state index is -0.106. The SMILES string of the molecule is C/C=C\c1ccc2c(c1C)C(C)(C)C(/C=C/C1=C(Cl)C(=C\C=C3\N(C)c4ccc5ccccc5c4C3(C)C)/CCC1)=[N+]2C. The van der Waals surface area contributed by atoms with E-state index in [4.69, 9.17) is 11.6 Å². The van der Waals surface area contributed by atoms with E-state index in [1.54, 1.807) is 0 Å². The second-order valence-electron chi connectivity index (χ2n) is 13.4. The summed E-state index contributed by atoms with van der Waals surface area (Å²) in [6.45, 7) is 13.7. The zero-order valence-corrected chi connectivity index (χ0v) is 27.7. The van der Waals surface area contributed by atoms with Crippen molar-refractivity contribution in [2.45, 2.75) is 71.6 Å². The highest BCUT2D eigenvalue weighted by molar-refractivity contribution is 6.32. The lowest BCUT2D eigenvalue weighted by Gasteiger charge is -2.25. The fourth-order valence-electron chi connectivity index (χ4n) is 7.90. The van der Waals surface area contributed by atoms with Gasteiger partial charge >= 0.3 is 0 Å². The Morgan fingerprint density at radius 1 is 0.860 bits per heavy atom. The van der Waals surface area contributed by atoms with E-state index in [1.165, 1.54) is 67.0 Å². The summed E-state index contributed by atoms with van der Waals surface area (Å²) < 4.78 is 2.36. The van der Waals surface area contributed by atoms with Crippen molar-refractivity contribution in [2.24, 2.45) is 0 Å². The van der Waals surface area contributed by atoms with Gasteiger partial charge in [-0.05, 0) is 104 Å². The summed E-state index contributed by atoms with van der Waals surface area (Å²) in [6, 6.07) is 17.7. The third-order valence-electron chi connectivity index (χ3n) is 10.1. The van der Waals surface area contributed by atoms with Crippen LogP contribution in [0.5, 0.6) is 0 Å². The van der Waals surface area contributed by atoms with Gasteiger partial charge in [-0.1, -0.05) is 80.1 Å². The molecule has 2 aliphatic heterocycles. The van der Waals surface area contributed by atoms with Gasteiger partial charge in [0.15, 0.2) is 5.71 Å². The maximum atomic E-state index is 7.16. The van der Waals surface area contributed by atoms with Crippen LogP contribution in [0.1, 0.15) is 76.1 Å². The zero-order chi connectivity index (χ0) is 30.7. The predicted octanol–water partition coefficient (Wildman–Crippen LogP) is 10.7. The molecular weight excluding hydrogens is 544 g/mol. The van der Waals surface area contributed by atoms with E-state index in [2.05, 4.69) is 150 Å². The average molecular weight is 588 g/mol. The Morgan fingerprint density at radius 3 is 2.40 bits per heavy atom. The van der Waals surface area contributed by atoms with Crippen LogP contribution < -0.4 is 4.90 Å². The molecule has 220 valence electrons. The number of nitrogens with zero attached hydrogens (tertiary/aromatic N) is 2. The van der Waals surface area contributed by atoms with Crippen LogP contribution in [0, 0.1) is 6.92 Å². The highest BCUT2D eigenvalue weighted by Crippen LogP contribution is 2.50. The Balaban J connectivity index is 1.33. The molecule has 43 heavy (non-hydrogen) atoms. The van der Waals surface area contributed by atoms with Crippen LogP contribution in [-0.4, -0.2) is 24.4 Å². The maximum Gasteiger partial charge on any atom is 0.209 e. The molecule has 3 aromatic rings. The molecule has 0 atom stereocenters. The number of anilines is 1. The molecule has 6 rings (SSSR count). The highest BCUT2D eigenvalue weighted by Gasteiger charge is 2.44. The second-order valence-corrected chi connectivity index (χ2v) is 13.8. The predicted molar refractivity (Wildman–Crippen MR) is 187 cm³/mol. The van der Waals surface area contributed by atoms with E-state index in [9.17, 15) is 0 Å². The summed E-state index contributed by atoms with van der Waals surface area (Å²) in [6.07, 6.45) is 16.6. The Kier molecular flexibility index (Phi) is 7.42. The molecule has 0 N–H and O–H groups in total. The van der Waals surface area contributed by atoms with Gasteiger partial charge in [-0.2, -0.15) is 4.58 Å². The van der Waals surface area contributed by atoms with Gasteiger partial charge in [0.25, 0.3) is 0 Å². The van der Waals surface area contributed by atoms with Crippen LogP contribution in [0.15, 0.2) is 101 Å². The minimum Gasteiger partial charge on any atom is -0.347 e. The van der Waals surface area contributed by atoms with Crippen molar-refractivity contribution in [1.29, 1.82) is 0 Å². The molecule has 2 heterocycles. The second kappa shape index (κ2) is 10.8. The number of likely N-dealkylation sites (N-methyl/N-ethyl adjacent to an activating group) is 1. The first-order chi connectivity index (χ1) is 20.5. The van der Waals surface area contributed by atoms with Gasteiger partial charge in [0.2, 0.25) is 5.69 Å². The van der Waals surface area contributed by atoms with E-state index >= 15 is 0 Å². The number of allylic oxidation sites excluding steroid dienone is 9. The first-order valence-corrected chi connectivity index (χ1v) is 16.0. The van der Waals surface area contributed by atoms with Gasteiger partial charge < -0.3 is 4.90 Å². The van der Waals surface area contributed by atoms with Crippen molar-refractivity contribution in [1.82, 2.24) is 0 Å². The van der Waals surface area contributed by atoms with E-state index < -0.39 is 0 Å². The fourth-order valence-corrected chi connectivity index (χ4v) is 8.21. The number of benzene rings is 3. The van der Waals surface area contributed by atoms with Crippen molar-refractivity contribution in [2.75, 3.05) is 19.0 Å². The van der Waals surface area contributed by atoms with Gasteiger partial charge in [-0.15, -0.1) is 0 Å². The van der Waals surface area contributed by atoms with Gasteiger partial charge in [-0.25, -0.2) is 0 Å². The van der Waals surface area contributed by atoms with Crippen molar-refractivity contribution in [3.63, 3.8) is 0 Å². The Labute approximate surface area is 263 Å². The Bertz CT molecular complexity index is 1840. The standard InChI is InChI=1S/C40H44ClN2/c1-9-13-27-18-22-32-36(26(27)2)39(3,4)34(42(32)7)24-20-29-15-12-16-30(38(29)41)21-25-35-40(5,6)37-31-17-11-10-14-28(31)19-23-33(37)43(35)8/h9-11,13-14,17-25H,12,15-16H2,1-8H3/q+1/b13-9-. The van der Waals surface area contributed by atoms with Crippen molar-refractivity contribution < 1.29 is 4.58 Å². The third kappa shape index (κ3) is 4.66. The number of halogens is 1. The number of fused-ring (bicyclic) bond motifs is 4. The van der Waals surface area contributed by atoms with E-state index in [0.717, 1.165) is 24.3 Å². The molecule has 3 aromatic carbocycles. The Morgan fingerprint density at radius 2 is 1.63 bits per heavy atom. The Hall–Kier alpha value is -3.62. The molecule has 0 spiro atoms. The van der Waals surface area contributed by atoms with Crippen LogP contribution in [0.25, 0.3) is 16.8 Å². The molecule has 0 fully saturated rings. The van der Waals surface area contributed by atoms with Crippen LogP contribution in [0.4, 0.5) is 11.4 Å². The summed E-state index contributed by atoms with van der Waals surface area (Å²) in [4.78, 5) is 2.36. The topological polar surface area (TPSA) is 6.25 Å². The van der Waals surface area contributed by atoms with Crippen LogP contribution in [-0.2, 0) is 10.8 Å². The normalized spacial score (nSPS) is 21.4. The van der Waals surface area contributed by atoms with Crippen molar-refractivity contribution in [3.05, 3.63) is 123 Å². The largest absolute Gasteiger partial charge is 0.347 e. The third-order valence-corrected chi connectivity index (χ3v) is 10.5. The number of hydrogen-bond donors (Lipinski definition) is 0. The molecule has 0 saturated carbocycles. The molecule has 0 amide bonds. The van der Waals surface area contributed by atoms with Gasteiger partial charge in [-0.3, -0.25) is 0 Å². The summed E-state index contributed by atoms with van der Waals surface area (Å²) >= 11 is 7.16. The molecule has 1 aliphatic carbocycles. The summed E-state index contributed by atoms with van der Waals surface area (Å²) in [5, 5.41) is 3.54. The van der Waals surface area contributed by atoms with Gasteiger partial charge in [0.05, 0.1) is 5.41 Å². The first kappa shape index (κ1) is 29.5. The van der Waals surface area contributed by atoms with E-state index in [0.29, 0.717) is 0 Å². The van der Waals surface area contributed by atoms with Gasteiger partial charge in [0.1, 0.15) is 7.05 Å². The minimum absolute atomic E-state index is 0.0924. The van der Waals surface area contributed by atoms with Crippen LogP contribution >= 0.6 is 11.6 Å². The summed E-state index contributed by atoms with van der Waals surface area (Å²) in [5.74, 6) is 0. The number of hydrogen-bond acceptors (Lipinski definition) is 1. The fraction of sp³-hybridized carbons (Fsp3) is 0.325. The quantitative estimate of drug-likeness (QED) is 0.275. The molecule has 0 saturated heterocycles. The van der Waals surface area contributed by atoms with E-state index in [-0.39, 0.29) is 10.8 Å². The molecule has 2 nitrogen and oxygen atoms in total. The molecule has 3 heteroatoms. The summed E-state index contributed by atoms with van der Waals surface area (Å²) in [7, 11) is 4.38. The van der Waals surface area contributed by atoms with E-state index in [1.807, 2.05) is 0 Å². The smallest absolute Gasteiger partial charge is 0.209 e. The lowest BCUT2D eigenvalue weighted by Crippen LogP contribution is -2.27. The number of rotatable bonds is 4. The molecule has 0 bridgehead atoms. The van der Waals surface area contributed by atoms with Crippen LogP contribution in [0.2, 0.25) is 0 Å². The summed E-state index contributed by atoms with van der Waals surface area (Å²) in [5.41, 5.74) is 12.9. The lowest BCUT2D eigenvalue weighted by molar-refractivity contribution is -0.401. The highest BCUT2D eigenvalue weighted by atomic mass is 35.5. The first-order valence-electron chi connectivity index (χ1n) is 15.6. The molecule has 0 radical (unpaired) electrons.